The summed E-state index contributed by atoms with van der Waals surface area (Å²) < 4.78 is 5.83. The van der Waals surface area contributed by atoms with Gasteiger partial charge in [0.1, 0.15) is 12.4 Å². The van der Waals surface area contributed by atoms with Gasteiger partial charge >= 0.3 is 0 Å². The minimum Gasteiger partial charge on any atom is -0.368 e. The topological polar surface area (TPSA) is 81.1 Å². The van der Waals surface area contributed by atoms with E-state index in [-0.39, 0.29) is 12.0 Å². The van der Waals surface area contributed by atoms with Crippen molar-refractivity contribution in [3.63, 3.8) is 0 Å². The maximum absolute atomic E-state index is 12.6. The van der Waals surface area contributed by atoms with E-state index in [1.165, 1.54) is 6.33 Å². The van der Waals surface area contributed by atoms with Gasteiger partial charge in [0.25, 0.3) is 5.91 Å². The van der Waals surface area contributed by atoms with Crippen molar-refractivity contribution >= 4 is 5.91 Å². The zero-order valence-electron chi connectivity index (χ0n) is 14.0. The van der Waals surface area contributed by atoms with Crippen molar-refractivity contribution in [3.05, 3.63) is 72.8 Å². The van der Waals surface area contributed by atoms with Gasteiger partial charge in [-0.2, -0.15) is 0 Å². The molecule has 0 aliphatic carbocycles. The summed E-state index contributed by atoms with van der Waals surface area (Å²) in [6.45, 7) is 1.50. The van der Waals surface area contributed by atoms with Gasteiger partial charge in [0.05, 0.1) is 24.4 Å². The Morgan fingerprint density at radius 2 is 1.92 bits per heavy atom. The number of pyridine rings is 2. The van der Waals surface area contributed by atoms with Gasteiger partial charge < -0.3 is 9.64 Å². The van der Waals surface area contributed by atoms with Gasteiger partial charge in [-0.25, -0.2) is 9.97 Å². The molecule has 0 unspecified atom stereocenters. The molecule has 7 heteroatoms. The number of hydrogen-bond acceptors (Lipinski definition) is 6. The van der Waals surface area contributed by atoms with Crippen LogP contribution in [-0.2, 0) is 4.74 Å². The van der Waals surface area contributed by atoms with Gasteiger partial charge in [0, 0.05) is 48.7 Å². The smallest absolute Gasteiger partial charge is 0.255 e. The summed E-state index contributed by atoms with van der Waals surface area (Å²) in [5, 5.41) is 0. The molecule has 4 heterocycles. The standard InChI is InChI=1S/C19H17N5O2/c25-19(15-2-1-5-20-8-15)24-6-7-26-18(12-24)17-4-3-14(11-23-17)16-9-21-13-22-10-16/h1-5,8-11,13,18H,6-7,12H2/t18-/m0/s1. The van der Waals surface area contributed by atoms with Crippen LogP contribution >= 0.6 is 0 Å². The Kier molecular flexibility index (Phi) is 4.61. The van der Waals surface area contributed by atoms with Crippen LogP contribution in [0.5, 0.6) is 0 Å². The number of ether oxygens (including phenoxy) is 1. The molecule has 1 amide bonds. The lowest BCUT2D eigenvalue weighted by molar-refractivity contribution is -0.0247. The molecule has 1 aliphatic rings. The average molecular weight is 347 g/mol. The van der Waals surface area contributed by atoms with Crippen molar-refractivity contribution in [1.29, 1.82) is 0 Å². The van der Waals surface area contributed by atoms with Crippen LogP contribution < -0.4 is 0 Å². The van der Waals surface area contributed by atoms with E-state index in [1.54, 1.807) is 48.0 Å². The van der Waals surface area contributed by atoms with Crippen molar-refractivity contribution < 1.29 is 9.53 Å². The summed E-state index contributed by atoms with van der Waals surface area (Å²) in [6, 6.07) is 7.42. The molecule has 1 aliphatic heterocycles. The summed E-state index contributed by atoms with van der Waals surface area (Å²) in [5.74, 6) is -0.0375. The van der Waals surface area contributed by atoms with Crippen LogP contribution in [-0.4, -0.2) is 50.4 Å². The van der Waals surface area contributed by atoms with Crippen molar-refractivity contribution in [3.8, 4) is 11.1 Å². The number of amides is 1. The maximum Gasteiger partial charge on any atom is 0.255 e. The van der Waals surface area contributed by atoms with Crippen molar-refractivity contribution in [2.24, 2.45) is 0 Å². The Balaban J connectivity index is 1.49. The predicted octanol–water partition coefficient (Wildman–Crippen LogP) is 2.15. The van der Waals surface area contributed by atoms with E-state index >= 15 is 0 Å². The molecule has 4 rings (SSSR count). The highest BCUT2D eigenvalue weighted by atomic mass is 16.5. The molecular formula is C19H17N5O2. The normalized spacial score (nSPS) is 17.1. The van der Waals surface area contributed by atoms with Gasteiger partial charge in [-0.15, -0.1) is 0 Å². The van der Waals surface area contributed by atoms with E-state index in [1.807, 2.05) is 12.1 Å². The lowest BCUT2D eigenvalue weighted by atomic mass is 10.1. The monoisotopic (exact) mass is 347 g/mol. The largest absolute Gasteiger partial charge is 0.368 e. The number of nitrogens with zero attached hydrogens (tertiary/aromatic N) is 5. The van der Waals surface area contributed by atoms with E-state index in [0.29, 0.717) is 25.3 Å². The van der Waals surface area contributed by atoms with E-state index in [2.05, 4.69) is 19.9 Å². The van der Waals surface area contributed by atoms with Crippen LogP contribution in [0, 0.1) is 0 Å². The first-order valence-electron chi connectivity index (χ1n) is 8.33. The number of carbonyl (C=O) groups excluding carboxylic acids is 1. The quantitative estimate of drug-likeness (QED) is 0.722. The summed E-state index contributed by atoms with van der Waals surface area (Å²) in [5.41, 5.74) is 3.23. The highest BCUT2D eigenvalue weighted by Crippen LogP contribution is 2.24. The molecule has 1 atom stereocenters. The number of hydrogen-bond donors (Lipinski definition) is 0. The van der Waals surface area contributed by atoms with Crippen LogP contribution in [0.1, 0.15) is 22.2 Å². The molecule has 1 saturated heterocycles. The molecule has 26 heavy (non-hydrogen) atoms. The second kappa shape index (κ2) is 7.37. The molecule has 130 valence electrons. The van der Waals surface area contributed by atoms with E-state index in [9.17, 15) is 4.79 Å². The van der Waals surface area contributed by atoms with E-state index in [0.717, 1.165) is 16.8 Å². The van der Waals surface area contributed by atoms with Crippen LogP contribution in [0.4, 0.5) is 0 Å². The van der Waals surface area contributed by atoms with Gasteiger partial charge in [-0.05, 0) is 18.2 Å². The summed E-state index contributed by atoms with van der Waals surface area (Å²) >= 11 is 0. The lowest BCUT2D eigenvalue weighted by Crippen LogP contribution is -2.42. The minimum atomic E-state index is -0.245. The molecule has 0 saturated carbocycles. The second-order valence-corrected chi connectivity index (χ2v) is 5.95. The van der Waals surface area contributed by atoms with Gasteiger partial charge in [0.15, 0.2) is 0 Å². The Bertz CT molecular complexity index is 871. The average Bonchev–Trinajstić information content (AvgIpc) is 2.75. The lowest BCUT2D eigenvalue weighted by Gasteiger charge is -2.32. The molecule has 0 N–H and O–H groups in total. The molecule has 0 aromatic carbocycles. The van der Waals surface area contributed by atoms with Gasteiger partial charge in [-0.3, -0.25) is 14.8 Å². The fourth-order valence-corrected chi connectivity index (χ4v) is 2.90. The molecule has 7 nitrogen and oxygen atoms in total. The minimum absolute atomic E-state index is 0.0375. The van der Waals surface area contributed by atoms with Crippen molar-refractivity contribution in [2.75, 3.05) is 19.7 Å². The number of carbonyl (C=O) groups is 1. The van der Waals surface area contributed by atoms with Crippen molar-refractivity contribution in [2.45, 2.75) is 6.10 Å². The zero-order valence-corrected chi connectivity index (χ0v) is 14.0. The first-order valence-corrected chi connectivity index (χ1v) is 8.33. The first kappa shape index (κ1) is 16.3. The first-order chi connectivity index (χ1) is 12.8. The molecular weight excluding hydrogens is 330 g/mol. The molecule has 1 fully saturated rings. The van der Waals surface area contributed by atoms with Crippen molar-refractivity contribution in [1.82, 2.24) is 24.8 Å². The number of morpholine rings is 1. The van der Waals surface area contributed by atoms with Gasteiger partial charge in [0.2, 0.25) is 0 Å². The SMILES string of the molecule is O=C(c1cccnc1)N1CCO[C@H](c2ccc(-c3cncnc3)cn2)C1. The van der Waals surface area contributed by atoms with Crippen LogP contribution in [0.3, 0.4) is 0 Å². The third kappa shape index (κ3) is 3.43. The second-order valence-electron chi connectivity index (χ2n) is 5.95. The molecule has 3 aromatic rings. The zero-order chi connectivity index (χ0) is 17.8. The maximum atomic E-state index is 12.6. The molecule has 0 bridgehead atoms. The molecule has 0 spiro atoms. The third-order valence-corrected chi connectivity index (χ3v) is 4.27. The van der Waals surface area contributed by atoms with Crippen LogP contribution in [0.2, 0.25) is 0 Å². The van der Waals surface area contributed by atoms with E-state index < -0.39 is 0 Å². The highest BCUT2D eigenvalue weighted by Gasteiger charge is 2.27. The number of aromatic nitrogens is 4. The molecule has 3 aromatic heterocycles. The fraction of sp³-hybridized carbons (Fsp3) is 0.211. The predicted molar refractivity (Wildman–Crippen MR) is 94.1 cm³/mol. The highest BCUT2D eigenvalue weighted by molar-refractivity contribution is 5.93. The van der Waals surface area contributed by atoms with Crippen LogP contribution in [0.25, 0.3) is 11.1 Å². The molecule has 0 radical (unpaired) electrons. The third-order valence-electron chi connectivity index (χ3n) is 4.27. The van der Waals surface area contributed by atoms with Crippen LogP contribution in [0.15, 0.2) is 61.6 Å². The Hall–Kier alpha value is -3.19. The fourth-order valence-electron chi connectivity index (χ4n) is 2.90. The van der Waals surface area contributed by atoms with E-state index in [4.69, 9.17) is 4.74 Å². The van der Waals surface area contributed by atoms with Gasteiger partial charge in [-0.1, -0.05) is 6.07 Å². The summed E-state index contributed by atoms with van der Waals surface area (Å²) in [6.07, 6.45) is 9.76. The summed E-state index contributed by atoms with van der Waals surface area (Å²) in [4.78, 5) is 31.0. The Morgan fingerprint density at radius 3 is 2.65 bits per heavy atom. The number of rotatable bonds is 3. The Morgan fingerprint density at radius 1 is 1.04 bits per heavy atom. The summed E-state index contributed by atoms with van der Waals surface area (Å²) in [7, 11) is 0. The Labute approximate surface area is 150 Å².